The quantitative estimate of drug-likeness (QED) is 0.309. The van der Waals surface area contributed by atoms with Crippen LogP contribution in [0.25, 0.3) is 0 Å². The number of fused-ring (bicyclic) bond motifs is 9. The first-order chi connectivity index (χ1) is 19.6. The average Bonchev–Trinajstić information content (AvgIpc) is 3.75. The zero-order valence-electron chi connectivity index (χ0n) is 26.7. The number of hydrogen-bond acceptors (Lipinski definition) is 5. The standard InChI is InChI=1S/C37H50O5/c1-32(2)26-13-14-36(6)28(37(26,7)30-27(42-30)29(32)39)25(38)19-23-24-20-34(4,16-15-33(24,3)17-18-35(23,36)5)31(40)41-21-22-11-9-8-10-12-22/h8-12,19,24,26-30,39H,13-18,20-21H2,1-7H3/t24?,26?,27-,28?,29+,30-,33-,34+,35-,36-,37+/m1/s1. The molecule has 5 fully saturated rings. The van der Waals surface area contributed by atoms with Gasteiger partial charge in [-0.3, -0.25) is 9.59 Å². The number of aliphatic hydroxyl groups excluding tert-OH is 1. The molecule has 0 amide bonds. The highest BCUT2D eigenvalue weighted by Crippen LogP contribution is 2.76. The highest BCUT2D eigenvalue weighted by atomic mass is 16.6. The number of carbonyl (C=O) groups is 2. The lowest BCUT2D eigenvalue weighted by Gasteiger charge is -2.69. The van der Waals surface area contributed by atoms with Gasteiger partial charge in [-0.25, -0.2) is 0 Å². The number of esters is 1. The number of epoxide rings is 1. The third-order valence-electron chi connectivity index (χ3n) is 14.6. The summed E-state index contributed by atoms with van der Waals surface area (Å²) in [7, 11) is 0. The van der Waals surface area contributed by atoms with E-state index < -0.39 is 11.5 Å². The molecule has 3 unspecified atom stereocenters. The number of ketones is 1. The highest BCUT2D eigenvalue weighted by molar-refractivity contribution is 5.96. The van der Waals surface area contributed by atoms with E-state index in [1.165, 1.54) is 5.57 Å². The molecule has 1 heterocycles. The van der Waals surface area contributed by atoms with Gasteiger partial charge in [0, 0.05) is 11.3 Å². The summed E-state index contributed by atoms with van der Waals surface area (Å²) in [5.74, 6) is 0.424. The van der Waals surface area contributed by atoms with Crippen LogP contribution in [-0.2, 0) is 25.7 Å². The molecule has 1 aliphatic heterocycles. The Kier molecular flexibility index (Phi) is 6.03. The van der Waals surface area contributed by atoms with Crippen molar-refractivity contribution in [1.29, 1.82) is 0 Å². The smallest absolute Gasteiger partial charge is 0.312 e. The van der Waals surface area contributed by atoms with Gasteiger partial charge in [-0.1, -0.05) is 77.4 Å². The molecule has 0 spiro atoms. The van der Waals surface area contributed by atoms with Gasteiger partial charge in [0.25, 0.3) is 0 Å². The zero-order valence-corrected chi connectivity index (χ0v) is 26.7. The Bertz CT molecular complexity index is 1350. The minimum atomic E-state index is -0.568. The van der Waals surface area contributed by atoms with Crippen molar-refractivity contribution in [2.75, 3.05) is 0 Å². The maximum atomic E-state index is 14.6. The predicted molar refractivity (Wildman–Crippen MR) is 161 cm³/mol. The summed E-state index contributed by atoms with van der Waals surface area (Å²) in [6, 6.07) is 9.90. The van der Waals surface area contributed by atoms with Gasteiger partial charge in [-0.05, 0) is 97.0 Å². The molecule has 11 atom stereocenters. The molecule has 5 heteroatoms. The number of benzene rings is 1. The average molecular weight is 575 g/mol. The van der Waals surface area contributed by atoms with Crippen LogP contribution in [0.3, 0.4) is 0 Å². The van der Waals surface area contributed by atoms with Crippen molar-refractivity contribution in [2.45, 2.75) is 118 Å². The summed E-state index contributed by atoms with van der Waals surface area (Å²) >= 11 is 0. The fraction of sp³-hybridized carbons (Fsp3) is 0.730. The van der Waals surface area contributed by atoms with Gasteiger partial charge in [0.2, 0.25) is 0 Å². The van der Waals surface area contributed by atoms with Gasteiger partial charge in [0.05, 0.1) is 17.6 Å². The Hall–Kier alpha value is -1.98. The molecule has 0 bridgehead atoms. The minimum absolute atomic E-state index is 0.0520. The molecular formula is C37H50O5. The van der Waals surface area contributed by atoms with E-state index in [1.807, 2.05) is 30.3 Å². The largest absolute Gasteiger partial charge is 0.460 e. The lowest BCUT2D eigenvalue weighted by Crippen LogP contribution is -2.68. The third kappa shape index (κ3) is 3.56. The van der Waals surface area contributed by atoms with Gasteiger partial charge in [0.15, 0.2) is 5.78 Å². The van der Waals surface area contributed by atoms with Crippen LogP contribution in [0.5, 0.6) is 0 Å². The van der Waals surface area contributed by atoms with Crippen molar-refractivity contribution in [1.82, 2.24) is 0 Å². The van der Waals surface area contributed by atoms with Crippen LogP contribution >= 0.6 is 0 Å². The van der Waals surface area contributed by atoms with E-state index in [2.05, 4.69) is 54.5 Å². The molecule has 42 heavy (non-hydrogen) atoms. The molecule has 1 N–H and O–H groups in total. The summed E-state index contributed by atoms with van der Waals surface area (Å²) < 4.78 is 12.2. The molecule has 1 aromatic rings. The topological polar surface area (TPSA) is 76.1 Å². The Morgan fingerprint density at radius 1 is 0.976 bits per heavy atom. The molecule has 5 aliphatic carbocycles. The third-order valence-corrected chi connectivity index (χ3v) is 14.6. The molecule has 228 valence electrons. The molecule has 0 aromatic heterocycles. The van der Waals surface area contributed by atoms with Gasteiger partial charge < -0.3 is 14.6 Å². The summed E-state index contributed by atoms with van der Waals surface area (Å²) in [6.07, 6.45) is 8.05. The van der Waals surface area contributed by atoms with Crippen LogP contribution in [0.1, 0.15) is 99.0 Å². The first-order valence-corrected chi connectivity index (χ1v) is 16.4. The van der Waals surface area contributed by atoms with Gasteiger partial charge in [-0.2, -0.15) is 0 Å². The number of carbonyl (C=O) groups excluding carboxylic acids is 2. The van der Waals surface area contributed by atoms with Crippen LogP contribution < -0.4 is 0 Å². The molecule has 4 saturated carbocycles. The van der Waals surface area contributed by atoms with E-state index in [9.17, 15) is 14.7 Å². The van der Waals surface area contributed by atoms with E-state index in [-0.39, 0.29) is 68.8 Å². The number of hydrogen-bond donors (Lipinski definition) is 1. The molecule has 5 nitrogen and oxygen atoms in total. The maximum Gasteiger partial charge on any atom is 0.312 e. The van der Waals surface area contributed by atoms with Crippen molar-refractivity contribution in [3.05, 3.63) is 47.5 Å². The lowest BCUT2D eigenvalue weighted by molar-refractivity contribution is -0.195. The van der Waals surface area contributed by atoms with Crippen LogP contribution in [0, 0.1) is 50.2 Å². The van der Waals surface area contributed by atoms with Gasteiger partial charge >= 0.3 is 5.97 Å². The van der Waals surface area contributed by atoms with E-state index in [0.29, 0.717) is 6.61 Å². The normalized spacial score (nSPS) is 50.2. The van der Waals surface area contributed by atoms with Crippen LogP contribution in [0.4, 0.5) is 0 Å². The highest BCUT2D eigenvalue weighted by Gasteiger charge is 2.77. The first-order valence-electron chi connectivity index (χ1n) is 16.4. The fourth-order valence-corrected chi connectivity index (χ4v) is 11.6. The summed E-state index contributed by atoms with van der Waals surface area (Å²) in [5.41, 5.74) is 0.896. The summed E-state index contributed by atoms with van der Waals surface area (Å²) in [4.78, 5) is 28.2. The number of aliphatic hydroxyl groups is 1. The predicted octanol–water partition coefficient (Wildman–Crippen LogP) is 7.06. The van der Waals surface area contributed by atoms with Gasteiger partial charge in [0.1, 0.15) is 12.7 Å². The second-order valence-corrected chi connectivity index (χ2v) is 17.0. The van der Waals surface area contributed by atoms with Crippen LogP contribution in [-0.4, -0.2) is 35.2 Å². The second kappa shape index (κ2) is 8.81. The van der Waals surface area contributed by atoms with E-state index >= 15 is 0 Å². The van der Waals surface area contributed by atoms with E-state index in [1.54, 1.807) is 0 Å². The van der Waals surface area contributed by atoms with Crippen molar-refractivity contribution in [3.63, 3.8) is 0 Å². The number of ether oxygens (including phenoxy) is 2. The molecule has 1 aromatic carbocycles. The molecule has 7 rings (SSSR count). The minimum Gasteiger partial charge on any atom is -0.460 e. The van der Waals surface area contributed by atoms with Crippen molar-refractivity contribution < 1.29 is 24.2 Å². The summed E-state index contributed by atoms with van der Waals surface area (Å²) in [6.45, 7) is 16.3. The van der Waals surface area contributed by atoms with Crippen molar-refractivity contribution in [2.24, 2.45) is 50.2 Å². The Balaban J connectivity index is 1.23. The van der Waals surface area contributed by atoms with E-state index in [0.717, 1.165) is 50.5 Å². The molecule has 0 radical (unpaired) electrons. The SMILES string of the molecule is CC1(C)C2CC[C@]3(C)C(C(=O)C=C4C5C[C@@](C)(C(=O)OCc6ccccc6)CC[C@]5(C)CC[C@]43C)[C@@]2(C)[C@@H]2O[C@@H]2[C@@H]1O. The van der Waals surface area contributed by atoms with Crippen LogP contribution in [0.2, 0.25) is 0 Å². The van der Waals surface area contributed by atoms with Gasteiger partial charge in [-0.15, -0.1) is 0 Å². The second-order valence-electron chi connectivity index (χ2n) is 17.0. The van der Waals surface area contributed by atoms with Crippen molar-refractivity contribution in [3.8, 4) is 0 Å². The maximum absolute atomic E-state index is 14.6. The fourth-order valence-electron chi connectivity index (χ4n) is 11.6. The molecule has 1 saturated heterocycles. The molecule has 6 aliphatic rings. The monoisotopic (exact) mass is 574 g/mol. The van der Waals surface area contributed by atoms with Crippen molar-refractivity contribution >= 4 is 11.8 Å². The number of rotatable bonds is 3. The number of allylic oxidation sites excluding steroid dienone is 2. The van der Waals surface area contributed by atoms with E-state index in [4.69, 9.17) is 9.47 Å². The Labute approximate surface area is 251 Å². The summed E-state index contributed by atoms with van der Waals surface area (Å²) in [5, 5.41) is 11.2. The Morgan fingerprint density at radius 3 is 2.38 bits per heavy atom. The lowest BCUT2D eigenvalue weighted by atomic mass is 9.33. The molecular weight excluding hydrogens is 524 g/mol. The first kappa shape index (κ1) is 28.8. The zero-order chi connectivity index (χ0) is 30.1. The van der Waals surface area contributed by atoms with Crippen LogP contribution in [0.15, 0.2) is 42.0 Å². The Morgan fingerprint density at radius 2 is 1.67 bits per heavy atom.